The molecule has 60 valence electrons. The predicted octanol–water partition coefficient (Wildman–Crippen LogP) is 0.128. The highest BCUT2D eigenvalue weighted by molar-refractivity contribution is 6.22. The van der Waals surface area contributed by atoms with Gasteiger partial charge in [0.05, 0.1) is 11.1 Å². The summed E-state index contributed by atoms with van der Waals surface area (Å²) in [5, 5.41) is 0. The first-order chi connectivity index (χ1) is 5.70. The Bertz CT molecular complexity index is 395. The molecule has 4 N–H and O–H groups in total. The standard InChI is InChI=1S/C8H7N3O/c9-5-3-1-2-4-6(5)7(10)11-8(4)12/h1-3H,9H2,(H2,10,11,12). The lowest BCUT2D eigenvalue weighted by Gasteiger charge is -2.00. The molecule has 0 bridgehead atoms. The van der Waals surface area contributed by atoms with Crippen LogP contribution in [0.3, 0.4) is 0 Å². The van der Waals surface area contributed by atoms with Gasteiger partial charge in [-0.15, -0.1) is 0 Å². The first-order valence-electron chi connectivity index (χ1n) is 3.47. The van der Waals surface area contributed by atoms with Crippen LogP contribution in [0.25, 0.3) is 0 Å². The van der Waals surface area contributed by atoms with Crippen molar-refractivity contribution in [2.75, 3.05) is 5.73 Å². The van der Waals surface area contributed by atoms with Crippen LogP contribution >= 0.6 is 0 Å². The van der Waals surface area contributed by atoms with Crippen LogP contribution in [-0.2, 0) is 0 Å². The van der Waals surface area contributed by atoms with Gasteiger partial charge in [0.25, 0.3) is 5.91 Å². The SMILES string of the molecule is NC1=NC(=O)c2cccc(N)c21. The van der Waals surface area contributed by atoms with Gasteiger partial charge in [-0.05, 0) is 12.1 Å². The molecule has 2 rings (SSSR count). The number of anilines is 1. The maximum absolute atomic E-state index is 11.1. The molecule has 4 heteroatoms. The van der Waals surface area contributed by atoms with Gasteiger partial charge in [-0.25, -0.2) is 0 Å². The van der Waals surface area contributed by atoms with Crippen LogP contribution in [0.15, 0.2) is 23.2 Å². The van der Waals surface area contributed by atoms with E-state index >= 15 is 0 Å². The fourth-order valence-corrected chi connectivity index (χ4v) is 1.26. The van der Waals surface area contributed by atoms with Crippen molar-refractivity contribution in [2.45, 2.75) is 0 Å². The first-order valence-corrected chi connectivity index (χ1v) is 3.47. The highest BCUT2D eigenvalue weighted by atomic mass is 16.1. The van der Waals surface area contributed by atoms with Crippen molar-refractivity contribution in [1.29, 1.82) is 0 Å². The van der Waals surface area contributed by atoms with E-state index in [1.807, 2.05) is 0 Å². The zero-order chi connectivity index (χ0) is 8.72. The third-order valence-electron chi connectivity index (χ3n) is 1.81. The molecule has 0 aromatic heterocycles. The van der Waals surface area contributed by atoms with E-state index in [0.717, 1.165) is 0 Å². The Kier molecular flexibility index (Phi) is 1.18. The van der Waals surface area contributed by atoms with Gasteiger partial charge in [0.15, 0.2) is 0 Å². The summed E-state index contributed by atoms with van der Waals surface area (Å²) in [7, 11) is 0. The van der Waals surface area contributed by atoms with Crippen molar-refractivity contribution in [3.63, 3.8) is 0 Å². The fraction of sp³-hybridized carbons (Fsp3) is 0. The molecular weight excluding hydrogens is 154 g/mol. The Balaban J connectivity index is 2.77. The third kappa shape index (κ3) is 0.717. The normalized spacial score (nSPS) is 14.3. The van der Waals surface area contributed by atoms with E-state index in [2.05, 4.69) is 4.99 Å². The summed E-state index contributed by atoms with van der Waals surface area (Å²) in [6.07, 6.45) is 0. The summed E-state index contributed by atoms with van der Waals surface area (Å²) >= 11 is 0. The fourth-order valence-electron chi connectivity index (χ4n) is 1.26. The lowest BCUT2D eigenvalue weighted by Crippen LogP contribution is -2.12. The van der Waals surface area contributed by atoms with Crippen LogP contribution in [0.5, 0.6) is 0 Å². The second-order valence-electron chi connectivity index (χ2n) is 2.57. The predicted molar refractivity (Wildman–Crippen MR) is 45.9 cm³/mol. The Morgan fingerprint density at radius 1 is 1.25 bits per heavy atom. The maximum Gasteiger partial charge on any atom is 0.279 e. The average Bonchev–Trinajstić information content (AvgIpc) is 2.29. The molecule has 1 aromatic carbocycles. The Labute approximate surface area is 68.9 Å². The minimum absolute atomic E-state index is 0.216. The molecule has 0 spiro atoms. The van der Waals surface area contributed by atoms with Crippen LogP contribution in [0, 0.1) is 0 Å². The number of amidine groups is 1. The summed E-state index contributed by atoms with van der Waals surface area (Å²) in [6, 6.07) is 5.07. The minimum atomic E-state index is -0.310. The van der Waals surface area contributed by atoms with Crippen molar-refractivity contribution < 1.29 is 4.79 Å². The summed E-state index contributed by atoms with van der Waals surface area (Å²) in [4.78, 5) is 14.7. The first kappa shape index (κ1) is 6.84. The second-order valence-corrected chi connectivity index (χ2v) is 2.57. The molecule has 1 aliphatic heterocycles. The molecule has 1 aliphatic rings. The Morgan fingerprint density at radius 2 is 2.00 bits per heavy atom. The Morgan fingerprint density at radius 3 is 2.67 bits per heavy atom. The molecule has 0 aliphatic carbocycles. The number of nitrogens with zero attached hydrogens (tertiary/aromatic N) is 1. The smallest absolute Gasteiger partial charge is 0.279 e. The molecule has 12 heavy (non-hydrogen) atoms. The number of nitrogens with two attached hydrogens (primary N) is 2. The van der Waals surface area contributed by atoms with E-state index < -0.39 is 0 Å². The van der Waals surface area contributed by atoms with Gasteiger partial charge in [-0.3, -0.25) is 4.79 Å². The number of amides is 1. The molecule has 0 unspecified atom stereocenters. The molecule has 0 saturated heterocycles. The molecular formula is C8H7N3O. The Hall–Kier alpha value is -1.84. The number of nitrogen functional groups attached to an aromatic ring is 1. The van der Waals surface area contributed by atoms with Gasteiger partial charge in [-0.1, -0.05) is 6.07 Å². The number of carbonyl (C=O) groups excluding carboxylic acids is 1. The third-order valence-corrected chi connectivity index (χ3v) is 1.81. The molecule has 4 nitrogen and oxygen atoms in total. The van der Waals surface area contributed by atoms with Gasteiger partial charge in [0.2, 0.25) is 0 Å². The number of hydrogen-bond acceptors (Lipinski definition) is 3. The van der Waals surface area contributed by atoms with Crippen molar-refractivity contribution >= 4 is 17.4 Å². The highest BCUT2D eigenvalue weighted by Crippen LogP contribution is 2.22. The molecule has 1 amide bonds. The van der Waals surface area contributed by atoms with Gasteiger partial charge in [-0.2, -0.15) is 4.99 Å². The number of fused-ring (bicyclic) bond motifs is 1. The van der Waals surface area contributed by atoms with E-state index in [4.69, 9.17) is 11.5 Å². The monoisotopic (exact) mass is 161 g/mol. The summed E-state index contributed by atoms with van der Waals surface area (Å²) in [6.45, 7) is 0. The van der Waals surface area contributed by atoms with Crippen molar-refractivity contribution in [2.24, 2.45) is 10.7 Å². The number of benzene rings is 1. The van der Waals surface area contributed by atoms with Crippen LogP contribution in [-0.4, -0.2) is 11.7 Å². The molecule has 0 fully saturated rings. The average molecular weight is 161 g/mol. The van der Waals surface area contributed by atoms with E-state index in [1.165, 1.54) is 0 Å². The number of rotatable bonds is 0. The van der Waals surface area contributed by atoms with Crippen molar-refractivity contribution in [3.05, 3.63) is 29.3 Å². The van der Waals surface area contributed by atoms with Crippen molar-refractivity contribution in [1.82, 2.24) is 0 Å². The van der Waals surface area contributed by atoms with E-state index in [1.54, 1.807) is 18.2 Å². The lowest BCUT2D eigenvalue weighted by atomic mass is 10.1. The van der Waals surface area contributed by atoms with Gasteiger partial charge >= 0.3 is 0 Å². The zero-order valence-corrected chi connectivity index (χ0v) is 6.24. The van der Waals surface area contributed by atoms with E-state index in [9.17, 15) is 4.79 Å². The quantitative estimate of drug-likeness (QED) is 0.530. The van der Waals surface area contributed by atoms with Crippen LogP contribution < -0.4 is 11.5 Å². The molecule has 0 atom stereocenters. The highest BCUT2D eigenvalue weighted by Gasteiger charge is 2.22. The molecule has 0 saturated carbocycles. The number of aliphatic imine (C=N–C) groups is 1. The van der Waals surface area contributed by atoms with Gasteiger partial charge < -0.3 is 11.5 Å². The summed E-state index contributed by atoms with van der Waals surface area (Å²) in [5.41, 5.74) is 12.7. The maximum atomic E-state index is 11.1. The minimum Gasteiger partial charge on any atom is -0.398 e. The summed E-state index contributed by atoms with van der Waals surface area (Å²) < 4.78 is 0. The van der Waals surface area contributed by atoms with Crippen LogP contribution in [0.1, 0.15) is 15.9 Å². The van der Waals surface area contributed by atoms with E-state index in [-0.39, 0.29) is 11.7 Å². The largest absolute Gasteiger partial charge is 0.398 e. The number of carbonyl (C=O) groups is 1. The zero-order valence-electron chi connectivity index (χ0n) is 6.24. The molecule has 0 radical (unpaired) electrons. The van der Waals surface area contributed by atoms with Gasteiger partial charge in [0, 0.05) is 5.69 Å². The second kappa shape index (κ2) is 2.07. The van der Waals surface area contributed by atoms with Gasteiger partial charge in [0.1, 0.15) is 5.84 Å². The van der Waals surface area contributed by atoms with E-state index in [0.29, 0.717) is 16.8 Å². The van der Waals surface area contributed by atoms with Crippen LogP contribution in [0.2, 0.25) is 0 Å². The lowest BCUT2D eigenvalue weighted by molar-refractivity contribution is 0.101. The summed E-state index contributed by atoms with van der Waals surface area (Å²) in [5.74, 6) is -0.0945. The van der Waals surface area contributed by atoms with Crippen LogP contribution in [0.4, 0.5) is 5.69 Å². The number of hydrogen-bond donors (Lipinski definition) is 2. The molecule has 1 aromatic rings. The van der Waals surface area contributed by atoms with Crippen molar-refractivity contribution in [3.8, 4) is 0 Å². The molecule has 1 heterocycles. The topological polar surface area (TPSA) is 81.5 Å².